The zero-order valence-electron chi connectivity index (χ0n) is 18.0. The molecule has 160 valence electrons. The van der Waals surface area contributed by atoms with Gasteiger partial charge in [0.25, 0.3) is 11.8 Å². The normalized spacial score (nSPS) is 10.7. The van der Waals surface area contributed by atoms with Crippen LogP contribution in [0.1, 0.15) is 37.4 Å². The molecule has 0 fully saturated rings. The van der Waals surface area contributed by atoms with E-state index in [1.54, 1.807) is 31.2 Å². The van der Waals surface area contributed by atoms with Gasteiger partial charge in [0.05, 0.1) is 10.9 Å². The van der Waals surface area contributed by atoms with Gasteiger partial charge in [0.15, 0.2) is 11.0 Å². The molecule has 6 nitrogen and oxygen atoms in total. The van der Waals surface area contributed by atoms with Crippen molar-refractivity contribution in [3.8, 4) is 11.3 Å². The lowest BCUT2D eigenvalue weighted by molar-refractivity contribution is 0.0846. The molecule has 4 aromatic rings. The van der Waals surface area contributed by atoms with Crippen LogP contribution in [0.5, 0.6) is 0 Å². The maximum absolute atomic E-state index is 13.0. The van der Waals surface area contributed by atoms with Crippen LogP contribution in [0.4, 0.5) is 0 Å². The van der Waals surface area contributed by atoms with Crippen molar-refractivity contribution in [2.75, 3.05) is 0 Å². The summed E-state index contributed by atoms with van der Waals surface area (Å²) in [5.41, 5.74) is 8.47. The summed E-state index contributed by atoms with van der Waals surface area (Å²) in [6.07, 6.45) is 0. The summed E-state index contributed by atoms with van der Waals surface area (Å²) in [5.74, 6) is -0.610. The lowest BCUT2D eigenvalue weighted by Gasteiger charge is -2.12. The average Bonchev–Trinajstić information content (AvgIpc) is 2.79. The number of amides is 2. The molecule has 1 aromatic heterocycles. The predicted octanol–water partition coefficient (Wildman–Crippen LogP) is 4.46. The topological polar surface area (TPSA) is 88.4 Å². The minimum absolute atomic E-state index is 0.151. The first-order chi connectivity index (χ1) is 15.4. The number of fused-ring (bicyclic) bond motifs is 1. The van der Waals surface area contributed by atoms with Gasteiger partial charge < -0.3 is 4.42 Å². The molecule has 2 N–H and O–H groups in total. The molecule has 0 unspecified atom stereocenters. The van der Waals surface area contributed by atoms with Gasteiger partial charge in [-0.25, -0.2) is 0 Å². The van der Waals surface area contributed by atoms with Gasteiger partial charge in [0.2, 0.25) is 0 Å². The van der Waals surface area contributed by atoms with Crippen molar-refractivity contribution in [2.45, 2.75) is 20.8 Å². The van der Waals surface area contributed by atoms with Crippen LogP contribution >= 0.6 is 0 Å². The molecule has 32 heavy (non-hydrogen) atoms. The smallest absolute Gasteiger partial charge is 0.273 e. The third kappa shape index (κ3) is 3.90. The second-order valence-corrected chi connectivity index (χ2v) is 7.66. The summed E-state index contributed by atoms with van der Waals surface area (Å²) in [7, 11) is 0. The van der Waals surface area contributed by atoms with E-state index in [0.29, 0.717) is 22.3 Å². The number of aryl methyl sites for hydroxylation is 2. The highest BCUT2D eigenvalue weighted by Crippen LogP contribution is 2.27. The number of rotatable bonds is 3. The molecule has 4 rings (SSSR count). The van der Waals surface area contributed by atoms with E-state index < -0.39 is 11.8 Å². The van der Waals surface area contributed by atoms with Gasteiger partial charge in [-0.1, -0.05) is 54.1 Å². The summed E-state index contributed by atoms with van der Waals surface area (Å²) in [5, 5.41) is 0.301. The van der Waals surface area contributed by atoms with E-state index in [-0.39, 0.29) is 16.6 Å². The number of nitrogens with one attached hydrogen (secondary N) is 2. The lowest BCUT2D eigenvalue weighted by atomic mass is 10.0. The number of carbonyl (C=O) groups excluding carboxylic acids is 2. The third-order valence-electron chi connectivity index (χ3n) is 5.34. The molecule has 6 heteroatoms. The van der Waals surface area contributed by atoms with Crippen molar-refractivity contribution < 1.29 is 14.0 Å². The maximum Gasteiger partial charge on any atom is 0.273 e. The van der Waals surface area contributed by atoms with Gasteiger partial charge in [-0.15, -0.1) is 0 Å². The van der Waals surface area contributed by atoms with Crippen LogP contribution in [-0.4, -0.2) is 11.8 Å². The molecule has 0 aliphatic heterocycles. The Bertz CT molecular complexity index is 1410. The molecular weight excluding hydrogens is 404 g/mol. The fraction of sp³-hybridized carbons (Fsp3) is 0.115. The van der Waals surface area contributed by atoms with E-state index in [1.807, 2.05) is 56.3 Å². The van der Waals surface area contributed by atoms with Crippen molar-refractivity contribution in [3.05, 3.63) is 105 Å². The quantitative estimate of drug-likeness (QED) is 0.474. The number of carbonyl (C=O) groups is 2. The molecule has 3 aromatic carbocycles. The van der Waals surface area contributed by atoms with Crippen LogP contribution in [0.15, 0.2) is 75.9 Å². The largest absolute Gasteiger partial charge is 0.455 e. The van der Waals surface area contributed by atoms with Crippen molar-refractivity contribution in [1.82, 2.24) is 10.9 Å². The number of hydrogen-bond acceptors (Lipinski definition) is 4. The van der Waals surface area contributed by atoms with Gasteiger partial charge in [-0.05, 0) is 44.5 Å². The van der Waals surface area contributed by atoms with Crippen molar-refractivity contribution in [3.63, 3.8) is 0 Å². The Morgan fingerprint density at radius 1 is 0.781 bits per heavy atom. The van der Waals surface area contributed by atoms with Gasteiger partial charge in [-0.3, -0.25) is 25.2 Å². The number of benzene rings is 3. The number of hydrogen-bond donors (Lipinski definition) is 2. The SMILES string of the molecule is Cc1ccc(C(=O)NNC(=O)c2cccc3c(=O)c(C)c(-c4ccccc4)oc23)c(C)c1. The van der Waals surface area contributed by atoms with Crippen LogP contribution in [0, 0.1) is 20.8 Å². The van der Waals surface area contributed by atoms with E-state index in [2.05, 4.69) is 10.9 Å². The van der Waals surface area contributed by atoms with Gasteiger partial charge >= 0.3 is 0 Å². The standard InChI is InChI=1S/C26H22N2O4/c1-15-12-13-19(16(2)14-15)25(30)27-28-26(31)21-11-7-10-20-22(29)17(3)23(32-24(20)21)18-8-5-4-6-9-18/h4-14H,1-3H3,(H,27,30)(H,28,31). The van der Waals surface area contributed by atoms with E-state index >= 15 is 0 Å². The van der Waals surface area contributed by atoms with Gasteiger partial charge in [0.1, 0.15) is 5.76 Å². The first-order valence-corrected chi connectivity index (χ1v) is 10.2. The van der Waals surface area contributed by atoms with E-state index in [9.17, 15) is 14.4 Å². The zero-order chi connectivity index (χ0) is 22.8. The minimum atomic E-state index is -0.584. The Morgan fingerprint density at radius 2 is 1.47 bits per heavy atom. The highest BCUT2D eigenvalue weighted by molar-refractivity contribution is 6.06. The fourth-order valence-corrected chi connectivity index (χ4v) is 3.67. The molecule has 2 amide bonds. The Balaban J connectivity index is 1.68. The monoisotopic (exact) mass is 426 g/mol. The maximum atomic E-state index is 13.0. The van der Waals surface area contributed by atoms with Gasteiger partial charge in [0, 0.05) is 16.7 Å². The number of hydrazine groups is 1. The summed E-state index contributed by atoms with van der Waals surface area (Å²) >= 11 is 0. The Morgan fingerprint density at radius 3 is 2.16 bits per heavy atom. The summed E-state index contributed by atoms with van der Waals surface area (Å²) in [6.45, 7) is 5.47. The lowest BCUT2D eigenvalue weighted by Crippen LogP contribution is -2.42. The van der Waals surface area contributed by atoms with E-state index in [4.69, 9.17) is 4.42 Å². The highest BCUT2D eigenvalue weighted by atomic mass is 16.3. The van der Waals surface area contributed by atoms with Crippen LogP contribution in [0.2, 0.25) is 0 Å². The van der Waals surface area contributed by atoms with Crippen molar-refractivity contribution >= 4 is 22.8 Å². The molecule has 0 atom stereocenters. The van der Waals surface area contributed by atoms with Crippen LogP contribution in [-0.2, 0) is 0 Å². The molecule has 1 heterocycles. The summed E-state index contributed by atoms with van der Waals surface area (Å²) < 4.78 is 6.06. The molecular formula is C26H22N2O4. The Kier molecular flexibility index (Phi) is 5.60. The fourth-order valence-electron chi connectivity index (χ4n) is 3.67. The minimum Gasteiger partial charge on any atom is -0.455 e. The molecule has 0 bridgehead atoms. The van der Waals surface area contributed by atoms with Crippen LogP contribution < -0.4 is 16.3 Å². The highest BCUT2D eigenvalue weighted by Gasteiger charge is 2.19. The summed E-state index contributed by atoms with van der Waals surface area (Å²) in [6, 6.07) is 19.4. The molecule has 0 saturated carbocycles. The number of para-hydroxylation sites is 1. The first-order valence-electron chi connectivity index (χ1n) is 10.2. The molecule has 0 aliphatic carbocycles. The van der Waals surface area contributed by atoms with Crippen LogP contribution in [0.25, 0.3) is 22.3 Å². The van der Waals surface area contributed by atoms with Crippen molar-refractivity contribution in [2.24, 2.45) is 0 Å². The third-order valence-corrected chi connectivity index (χ3v) is 5.34. The summed E-state index contributed by atoms with van der Waals surface area (Å²) in [4.78, 5) is 38.4. The van der Waals surface area contributed by atoms with Crippen molar-refractivity contribution in [1.29, 1.82) is 0 Å². The van der Waals surface area contributed by atoms with Crippen LogP contribution in [0.3, 0.4) is 0 Å². The second-order valence-electron chi connectivity index (χ2n) is 7.66. The average molecular weight is 426 g/mol. The Labute approximate surface area is 184 Å². The molecule has 0 aliphatic rings. The van der Waals surface area contributed by atoms with E-state index in [1.165, 1.54) is 0 Å². The molecule has 0 radical (unpaired) electrons. The molecule has 0 saturated heterocycles. The zero-order valence-corrected chi connectivity index (χ0v) is 18.0. The molecule has 0 spiro atoms. The van der Waals surface area contributed by atoms with Gasteiger partial charge in [-0.2, -0.15) is 0 Å². The predicted molar refractivity (Wildman–Crippen MR) is 124 cm³/mol. The Hall–Kier alpha value is -4.19. The second kappa shape index (κ2) is 8.51. The van der Waals surface area contributed by atoms with E-state index in [0.717, 1.165) is 16.7 Å². The first kappa shape index (κ1) is 21.1.